The molecule has 0 spiro atoms. The fraction of sp³-hybridized carbons (Fsp3) is 0.333. The van der Waals surface area contributed by atoms with E-state index in [0.717, 1.165) is 10.9 Å². The van der Waals surface area contributed by atoms with Crippen LogP contribution in [-0.2, 0) is 4.74 Å². The molecule has 0 fully saturated rings. The van der Waals surface area contributed by atoms with Gasteiger partial charge in [0.15, 0.2) is 5.82 Å². The molecule has 0 aliphatic rings. The Kier molecular flexibility index (Phi) is 2.75. The third kappa shape index (κ3) is 2.75. The predicted octanol–water partition coefficient (Wildman–Crippen LogP) is 2.91. The van der Waals surface area contributed by atoms with Crippen molar-refractivity contribution in [3.05, 3.63) is 24.3 Å². The monoisotopic (exact) mass is 233 g/mol. The molecular weight excluding hydrogens is 218 g/mol. The molecule has 2 aromatic rings. The van der Waals surface area contributed by atoms with E-state index < -0.39 is 11.7 Å². The van der Waals surface area contributed by atoms with Gasteiger partial charge in [-0.25, -0.2) is 4.79 Å². The van der Waals surface area contributed by atoms with Crippen LogP contribution >= 0.6 is 0 Å². The molecule has 0 aliphatic heterocycles. The highest BCUT2D eigenvalue weighted by Crippen LogP contribution is 2.20. The van der Waals surface area contributed by atoms with Gasteiger partial charge < -0.3 is 4.74 Å². The molecule has 1 heterocycles. The lowest BCUT2D eigenvalue weighted by Crippen LogP contribution is -2.27. The lowest BCUT2D eigenvalue weighted by Gasteiger charge is -2.19. The van der Waals surface area contributed by atoms with Gasteiger partial charge in [-0.05, 0) is 32.9 Å². The minimum atomic E-state index is -0.518. The van der Waals surface area contributed by atoms with Gasteiger partial charge in [0.1, 0.15) is 5.60 Å². The third-order valence-electron chi connectivity index (χ3n) is 2.09. The number of rotatable bonds is 1. The summed E-state index contributed by atoms with van der Waals surface area (Å²) in [7, 11) is 0. The van der Waals surface area contributed by atoms with Crippen LogP contribution in [0.4, 0.5) is 10.6 Å². The SMILES string of the molecule is CC(C)(C)OC(=O)Nc1n[nH]c2ccccc12. The summed E-state index contributed by atoms with van der Waals surface area (Å²) >= 11 is 0. The smallest absolute Gasteiger partial charge is 0.413 e. The second kappa shape index (κ2) is 4.08. The average molecular weight is 233 g/mol. The summed E-state index contributed by atoms with van der Waals surface area (Å²) in [5.74, 6) is 0.481. The largest absolute Gasteiger partial charge is 0.444 e. The molecule has 0 unspecified atom stereocenters. The van der Waals surface area contributed by atoms with Crippen LogP contribution in [0.25, 0.3) is 10.9 Å². The van der Waals surface area contributed by atoms with Crippen LogP contribution in [0, 0.1) is 0 Å². The predicted molar refractivity (Wildman–Crippen MR) is 66.0 cm³/mol. The number of carbonyl (C=O) groups excluding carboxylic acids is 1. The summed E-state index contributed by atoms with van der Waals surface area (Å²) < 4.78 is 5.16. The lowest BCUT2D eigenvalue weighted by molar-refractivity contribution is 0.0635. The molecule has 5 heteroatoms. The topological polar surface area (TPSA) is 67.0 Å². The van der Waals surface area contributed by atoms with Crippen molar-refractivity contribution in [1.29, 1.82) is 0 Å². The number of hydrogen-bond acceptors (Lipinski definition) is 3. The van der Waals surface area contributed by atoms with Gasteiger partial charge >= 0.3 is 6.09 Å². The number of anilines is 1. The molecule has 1 aromatic heterocycles. The first-order chi connectivity index (χ1) is 7.96. The van der Waals surface area contributed by atoms with Crippen LogP contribution < -0.4 is 5.32 Å². The lowest BCUT2D eigenvalue weighted by atomic mass is 10.2. The molecule has 0 bridgehead atoms. The van der Waals surface area contributed by atoms with E-state index in [1.807, 2.05) is 45.0 Å². The van der Waals surface area contributed by atoms with E-state index in [1.54, 1.807) is 0 Å². The molecule has 0 aliphatic carbocycles. The zero-order valence-corrected chi connectivity index (χ0v) is 10.1. The molecule has 0 radical (unpaired) electrons. The number of aromatic nitrogens is 2. The molecule has 0 atom stereocenters. The van der Waals surface area contributed by atoms with Crippen molar-refractivity contribution in [2.75, 3.05) is 5.32 Å². The number of aromatic amines is 1. The van der Waals surface area contributed by atoms with E-state index in [0.29, 0.717) is 5.82 Å². The molecule has 17 heavy (non-hydrogen) atoms. The molecule has 1 aromatic carbocycles. The summed E-state index contributed by atoms with van der Waals surface area (Å²) in [6, 6.07) is 7.56. The van der Waals surface area contributed by atoms with Crippen molar-refractivity contribution >= 4 is 22.8 Å². The van der Waals surface area contributed by atoms with Crippen molar-refractivity contribution < 1.29 is 9.53 Å². The maximum atomic E-state index is 11.6. The maximum Gasteiger partial charge on any atom is 0.413 e. The standard InChI is InChI=1S/C12H15N3O2/c1-12(2,3)17-11(16)13-10-8-6-4-5-7-9(8)14-15-10/h4-7H,1-3H3,(H2,13,14,15,16). The Labute approximate surface area is 99.2 Å². The Morgan fingerprint density at radius 1 is 1.35 bits per heavy atom. The quantitative estimate of drug-likeness (QED) is 0.795. The Morgan fingerprint density at radius 2 is 2.06 bits per heavy atom. The summed E-state index contributed by atoms with van der Waals surface area (Å²) in [6.07, 6.45) is -0.505. The molecule has 90 valence electrons. The second-order valence-electron chi connectivity index (χ2n) is 4.74. The van der Waals surface area contributed by atoms with Crippen LogP contribution in [0.2, 0.25) is 0 Å². The fourth-order valence-corrected chi connectivity index (χ4v) is 1.46. The zero-order valence-electron chi connectivity index (χ0n) is 10.1. The number of ether oxygens (including phenoxy) is 1. The second-order valence-corrected chi connectivity index (χ2v) is 4.74. The number of amides is 1. The first-order valence-corrected chi connectivity index (χ1v) is 5.39. The molecule has 5 nitrogen and oxygen atoms in total. The highest BCUT2D eigenvalue weighted by atomic mass is 16.6. The van der Waals surface area contributed by atoms with Gasteiger partial charge in [0.05, 0.1) is 5.52 Å². The van der Waals surface area contributed by atoms with E-state index >= 15 is 0 Å². The minimum Gasteiger partial charge on any atom is -0.444 e. The van der Waals surface area contributed by atoms with E-state index in [-0.39, 0.29) is 0 Å². The van der Waals surface area contributed by atoms with Crippen LogP contribution in [0.15, 0.2) is 24.3 Å². The van der Waals surface area contributed by atoms with Gasteiger partial charge in [0.2, 0.25) is 0 Å². The third-order valence-corrected chi connectivity index (χ3v) is 2.09. The van der Waals surface area contributed by atoms with Gasteiger partial charge in [0, 0.05) is 5.39 Å². The number of carbonyl (C=O) groups is 1. The van der Waals surface area contributed by atoms with Crippen molar-refractivity contribution in [2.24, 2.45) is 0 Å². The fourth-order valence-electron chi connectivity index (χ4n) is 1.46. The highest BCUT2D eigenvalue weighted by Gasteiger charge is 2.17. The molecule has 2 rings (SSSR count). The number of para-hydroxylation sites is 1. The molecule has 2 N–H and O–H groups in total. The van der Waals surface area contributed by atoms with Gasteiger partial charge in [-0.1, -0.05) is 12.1 Å². The van der Waals surface area contributed by atoms with Gasteiger partial charge in [-0.15, -0.1) is 0 Å². The number of H-pyrrole nitrogens is 1. The number of fused-ring (bicyclic) bond motifs is 1. The molecule has 0 saturated carbocycles. The maximum absolute atomic E-state index is 11.6. The van der Waals surface area contributed by atoms with Crippen LogP contribution in [0.3, 0.4) is 0 Å². The summed E-state index contributed by atoms with van der Waals surface area (Å²) in [4.78, 5) is 11.6. The minimum absolute atomic E-state index is 0.481. The molecular formula is C12H15N3O2. The molecule has 0 saturated heterocycles. The van der Waals surface area contributed by atoms with Crippen LogP contribution in [-0.4, -0.2) is 21.9 Å². The number of nitrogens with one attached hydrogen (secondary N) is 2. The summed E-state index contributed by atoms with van der Waals surface area (Å²) in [5.41, 5.74) is 0.356. The zero-order chi connectivity index (χ0) is 12.5. The van der Waals surface area contributed by atoms with Gasteiger partial charge in [-0.2, -0.15) is 5.10 Å². The van der Waals surface area contributed by atoms with E-state index in [1.165, 1.54) is 0 Å². The Balaban J connectivity index is 2.16. The van der Waals surface area contributed by atoms with E-state index in [2.05, 4.69) is 15.5 Å². The normalized spacial score (nSPS) is 11.5. The molecule has 1 amide bonds. The van der Waals surface area contributed by atoms with E-state index in [9.17, 15) is 4.79 Å². The Bertz CT molecular complexity index is 540. The number of hydrogen-bond donors (Lipinski definition) is 2. The Hall–Kier alpha value is -2.04. The Morgan fingerprint density at radius 3 is 2.76 bits per heavy atom. The number of benzene rings is 1. The van der Waals surface area contributed by atoms with Crippen molar-refractivity contribution in [3.8, 4) is 0 Å². The van der Waals surface area contributed by atoms with Crippen molar-refractivity contribution in [2.45, 2.75) is 26.4 Å². The first-order valence-electron chi connectivity index (χ1n) is 5.39. The van der Waals surface area contributed by atoms with E-state index in [4.69, 9.17) is 4.74 Å². The summed E-state index contributed by atoms with van der Waals surface area (Å²) in [5, 5.41) is 10.3. The number of nitrogens with zero attached hydrogens (tertiary/aromatic N) is 1. The van der Waals surface area contributed by atoms with Crippen LogP contribution in [0.5, 0.6) is 0 Å². The van der Waals surface area contributed by atoms with Gasteiger partial charge in [-0.3, -0.25) is 10.4 Å². The summed E-state index contributed by atoms with van der Waals surface area (Å²) in [6.45, 7) is 5.44. The van der Waals surface area contributed by atoms with Crippen LogP contribution in [0.1, 0.15) is 20.8 Å². The van der Waals surface area contributed by atoms with Crippen molar-refractivity contribution in [1.82, 2.24) is 10.2 Å². The highest BCUT2D eigenvalue weighted by molar-refractivity contribution is 5.97. The van der Waals surface area contributed by atoms with Gasteiger partial charge in [0.25, 0.3) is 0 Å². The van der Waals surface area contributed by atoms with Crippen molar-refractivity contribution in [3.63, 3.8) is 0 Å². The first kappa shape index (κ1) is 11.4. The average Bonchev–Trinajstić information content (AvgIpc) is 2.59.